The number of carbonyl (C=O) groups is 1. The van der Waals surface area contributed by atoms with Crippen LogP contribution in [0.25, 0.3) is 0 Å². The number of nitrogens with zero attached hydrogens (tertiary/aromatic N) is 1. The standard InChI is InChI=1S/C15H21ClN2O4S/c1-11-8-12(16)5-6-14(11)18(23(2,20)21)10-15(19)17-9-13-4-3-7-22-13/h5-6,8,13H,3-4,7,9-10H2,1-2H3,(H,17,19)/t13-/m0/s1. The molecule has 0 radical (unpaired) electrons. The molecule has 0 unspecified atom stereocenters. The normalized spacial score (nSPS) is 18.0. The van der Waals surface area contributed by atoms with Crippen molar-refractivity contribution in [2.45, 2.75) is 25.9 Å². The Morgan fingerprint density at radius 3 is 2.78 bits per heavy atom. The molecule has 2 rings (SSSR count). The lowest BCUT2D eigenvalue weighted by molar-refractivity contribution is -0.120. The average molecular weight is 361 g/mol. The molecule has 8 heteroatoms. The fourth-order valence-corrected chi connectivity index (χ4v) is 3.64. The number of amides is 1. The minimum atomic E-state index is -3.59. The first-order valence-corrected chi connectivity index (χ1v) is 9.62. The molecule has 1 N–H and O–H groups in total. The summed E-state index contributed by atoms with van der Waals surface area (Å²) >= 11 is 5.90. The summed E-state index contributed by atoms with van der Waals surface area (Å²) in [7, 11) is -3.59. The van der Waals surface area contributed by atoms with Crippen molar-refractivity contribution in [2.24, 2.45) is 0 Å². The Bertz CT molecular complexity index is 672. The van der Waals surface area contributed by atoms with Crippen molar-refractivity contribution in [1.29, 1.82) is 0 Å². The third-order valence-corrected chi connectivity index (χ3v) is 5.03. The molecule has 1 aromatic rings. The van der Waals surface area contributed by atoms with Gasteiger partial charge in [-0.1, -0.05) is 11.6 Å². The summed E-state index contributed by atoms with van der Waals surface area (Å²) in [6, 6.07) is 4.87. The van der Waals surface area contributed by atoms with Gasteiger partial charge in [-0.25, -0.2) is 8.42 Å². The molecule has 0 aromatic heterocycles. The van der Waals surface area contributed by atoms with Crippen LogP contribution in [0, 0.1) is 6.92 Å². The van der Waals surface area contributed by atoms with Crippen molar-refractivity contribution in [1.82, 2.24) is 5.32 Å². The number of anilines is 1. The second-order valence-corrected chi connectivity index (χ2v) is 7.98. The number of rotatable bonds is 6. The van der Waals surface area contributed by atoms with Gasteiger partial charge < -0.3 is 10.1 Å². The van der Waals surface area contributed by atoms with Gasteiger partial charge in [-0.2, -0.15) is 0 Å². The van der Waals surface area contributed by atoms with Crippen LogP contribution in [0.1, 0.15) is 18.4 Å². The van der Waals surface area contributed by atoms with Gasteiger partial charge in [-0.05, 0) is 43.5 Å². The molecule has 1 heterocycles. The monoisotopic (exact) mass is 360 g/mol. The van der Waals surface area contributed by atoms with Gasteiger partial charge in [0.15, 0.2) is 0 Å². The second-order valence-electron chi connectivity index (χ2n) is 5.64. The van der Waals surface area contributed by atoms with Crippen molar-refractivity contribution >= 4 is 33.2 Å². The van der Waals surface area contributed by atoms with Crippen LogP contribution in [0.2, 0.25) is 5.02 Å². The molecule has 128 valence electrons. The lowest BCUT2D eigenvalue weighted by atomic mass is 10.2. The number of ether oxygens (including phenoxy) is 1. The van der Waals surface area contributed by atoms with Gasteiger partial charge in [-0.15, -0.1) is 0 Å². The van der Waals surface area contributed by atoms with Crippen LogP contribution in [0.15, 0.2) is 18.2 Å². The van der Waals surface area contributed by atoms with Crippen LogP contribution in [0.5, 0.6) is 0 Å². The topological polar surface area (TPSA) is 75.7 Å². The van der Waals surface area contributed by atoms with Crippen molar-refractivity contribution in [3.8, 4) is 0 Å². The van der Waals surface area contributed by atoms with Crippen LogP contribution >= 0.6 is 11.6 Å². The fourth-order valence-electron chi connectivity index (χ4n) is 2.50. The number of benzene rings is 1. The quantitative estimate of drug-likeness (QED) is 0.838. The maximum absolute atomic E-state index is 12.1. The van der Waals surface area contributed by atoms with E-state index >= 15 is 0 Å². The average Bonchev–Trinajstić information content (AvgIpc) is 2.95. The van der Waals surface area contributed by atoms with Gasteiger partial charge in [0.1, 0.15) is 6.54 Å². The van der Waals surface area contributed by atoms with Gasteiger partial charge in [-0.3, -0.25) is 9.10 Å². The Labute approximate surface area is 141 Å². The number of aryl methyl sites for hydroxylation is 1. The summed E-state index contributed by atoms with van der Waals surface area (Å²) in [5.41, 5.74) is 1.14. The van der Waals surface area contributed by atoms with Crippen LogP contribution in [-0.2, 0) is 19.6 Å². The molecule has 1 fully saturated rings. The molecule has 0 aliphatic carbocycles. The number of carbonyl (C=O) groups excluding carboxylic acids is 1. The Morgan fingerprint density at radius 1 is 1.48 bits per heavy atom. The van der Waals surface area contributed by atoms with E-state index in [1.54, 1.807) is 25.1 Å². The summed E-state index contributed by atoms with van der Waals surface area (Å²) in [4.78, 5) is 12.1. The predicted molar refractivity (Wildman–Crippen MR) is 90.4 cm³/mol. The number of halogens is 1. The second kappa shape index (κ2) is 7.51. The highest BCUT2D eigenvalue weighted by atomic mass is 35.5. The van der Waals surface area contributed by atoms with Crippen molar-refractivity contribution < 1.29 is 17.9 Å². The summed E-state index contributed by atoms with van der Waals surface area (Å²) in [5, 5.41) is 3.25. The van der Waals surface area contributed by atoms with Gasteiger partial charge in [0.25, 0.3) is 0 Å². The fraction of sp³-hybridized carbons (Fsp3) is 0.533. The molecule has 1 aliphatic heterocycles. The van der Waals surface area contributed by atoms with Gasteiger partial charge >= 0.3 is 0 Å². The molecule has 6 nitrogen and oxygen atoms in total. The van der Waals surface area contributed by atoms with Crippen molar-refractivity contribution in [2.75, 3.05) is 30.3 Å². The zero-order valence-corrected chi connectivity index (χ0v) is 14.8. The first-order chi connectivity index (χ1) is 10.8. The molecule has 1 atom stereocenters. The van der Waals surface area contributed by atoms with E-state index in [-0.39, 0.29) is 18.6 Å². The van der Waals surface area contributed by atoms with Gasteiger partial charge in [0.05, 0.1) is 18.0 Å². The Balaban J connectivity index is 2.08. The molecule has 1 aliphatic rings. The Morgan fingerprint density at radius 2 is 2.22 bits per heavy atom. The zero-order valence-electron chi connectivity index (χ0n) is 13.2. The van der Waals surface area contributed by atoms with Crippen LogP contribution in [0.4, 0.5) is 5.69 Å². The predicted octanol–water partition coefficient (Wildman–Crippen LogP) is 1.71. The summed E-state index contributed by atoms with van der Waals surface area (Å²) in [6.07, 6.45) is 2.99. The van der Waals surface area contributed by atoms with Crippen molar-refractivity contribution in [3.63, 3.8) is 0 Å². The molecule has 1 saturated heterocycles. The van der Waals surface area contributed by atoms with Crippen LogP contribution < -0.4 is 9.62 Å². The molecular weight excluding hydrogens is 340 g/mol. The number of hydrogen-bond acceptors (Lipinski definition) is 4. The number of nitrogens with one attached hydrogen (secondary N) is 1. The van der Waals surface area contributed by atoms with Gasteiger partial charge in [0.2, 0.25) is 15.9 Å². The molecule has 0 spiro atoms. The van der Waals surface area contributed by atoms with E-state index in [1.807, 2.05) is 0 Å². The Hall–Kier alpha value is -1.31. The number of hydrogen-bond donors (Lipinski definition) is 1. The van der Waals surface area contributed by atoms with E-state index in [0.717, 1.165) is 23.4 Å². The smallest absolute Gasteiger partial charge is 0.240 e. The lowest BCUT2D eigenvalue weighted by Gasteiger charge is -2.24. The third kappa shape index (κ3) is 5.09. The molecule has 0 saturated carbocycles. The largest absolute Gasteiger partial charge is 0.376 e. The van der Waals surface area contributed by atoms with E-state index in [0.29, 0.717) is 29.4 Å². The molecule has 1 aromatic carbocycles. The van der Waals surface area contributed by atoms with Crippen LogP contribution in [-0.4, -0.2) is 46.4 Å². The zero-order chi connectivity index (χ0) is 17.0. The highest BCUT2D eigenvalue weighted by molar-refractivity contribution is 7.92. The highest BCUT2D eigenvalue weighted by Crippen LogP contribution is 2.25. The van der Waals surface area contributed by atoms with E-state index in [4.69, 9.17) is 16.3 Å². The van der Waals surface area contributed by atoms with E-state index < -0.39 is 10.0 Å². The third-order valence-electron chi connectivity index (χ3n) is 3.67. The maximum Gasteiger partial charge on any atom is 0.240 e. The maximum atomic E-state index is 12.1. The summed E-state index contributed by atoms with van der Waals surface area (Å²) in [6.45, 7) is 2.59. The lowest BCUT2D eigenvalue weighted by Crippen LogP contribution is -2.42. The molecule has 23 heavy (non-hydrogen) atoms. The molecule has 0 bridgehead atoms. The highest BCUT2D eigenvalue weighted by Gasteiger charge is 2.23. The van der Waals surface area contributed by atoms with E-state index in [9.17, 15) is 13.2 Å². The summed E-state index contributed by atoms with van der Waals surface area (Å²) < 4.78 is 30.6. The Kier molecular flexibility index (Phi) is 5.89. The van der Waals surface area contributed by atoms with Crippen LogP contribution in [0.3, 0.4) is 0 Å². The van der Waals surface area contributed by atoms with E-state index in [2.05, 4.69) is 5.32 Å². The summed E-state index contributed by atoms with van der Waals surface area (Å²) in [5.74, 6) is -0.361. The van der Waals surface area contributed by atoms with Crippen molar-refractivity contribution in [3.05, 3.63) is 28.8 Å². The van der Waals surface area contributed by atoms with E-state index in [1.165, 1.54) is 0 Å². The minimum absolute atomic E-state index is 0.0166. The molecule has 1 amide bonds. The molecular formula is C15H21ClN2O4S. The SMILES string of the molecule is Cc1cc(Cl)ccc1N(CC(=O)NC[C@@H]1CCCO1)S(C)(=O)=O. The number of sulfonamides is 1. The first-order valence-electron chi connectivity index (χ1n) is 7.39. The first kappa shape index (κ1) is 18.0. The minimum Gasteiger partial charge on any atom is -0.376 e. The van der Waals surface area contributed by atoms with Gasteiger partial charge in [0, 0.05) is 18.2 Å².